The molecule has 0 heterocycles. The molecule has 0 bridgehead atoms. The second-order valence-electron chi connectivity index (χ2n) is 5.61. The summed E-state index contributed by atoms with van der Waals surface area (Å²) < 4.78 is 13.8. The second-order valence-corrected chi connectivity index (χ2v) is 6.02. The van der Waals surface area contributed by atoms with E-state index in [4.69, 9.17) is 11.6 Å². The topological polar surface area (TPSA) is 66.4 Å². The summed E-state index contributed by atoms with van der Waals surface area (Å²) in [5.74, 6) is -2.59. The number of amides is 1. The lowest BCUT2D eigenvalue weighted by atomic mass is 9.74. The van der Waals surface area contributed by atoms with Crippen molar-refractivity contribution in [3.63, 3.8) is 0 Å². The predicted molar refractivity (Wildman–Crippen MR) is 74.4 cm³/mol. The summed E-state index contributed by atoms with van der Waals surface area (Å²) in [6, 6.07) is 4.08. The number of aliphatic carboxylic acids is 1. The molecule has 1 aromatic carbocycles. The van der Waals surface area contributed by atoms with Gasteiger partial charge in [0.25, 0.3) is 5.91 Å². The van der Waals surface area contributed by atoms with Gasteiger partial charge in [-0.2, -0.15) is 0 Å². The van der Waals surface area contributed by atoms with Crippen LogP contribution in [0.2, 0.25) is 5.02 Å². The zero-order valence-corrected chi connectivity index (χ0v) is 12.5. The summed E-state index contributed by atoms with van der Waals surface area (Å²) in [5.41, 5.74) is -2.52. The van der Waals surface area contributed by atoms with Crippen molar-refractivity contribution in [1.29, 1.82) is 0 Å². The van der Waals surface area contributed by atoms with E-state index < -0.39 is 28.6 Å². The fourth-order valence-electron chi connectivity index (χ4n) is 1.45. The van der Waals surface area contributed by atoms with Gasteiger partial charge >= 0.3 is 5.97 Å². The van der Waals surface area contributed by atoms with E-state index in [0.717, 1.165) is 0 Å². The number of carbonyl (C=O) groups excluding carboxylic acids is 1. The first-order valence-electron chi connectivity index (χ1n) is 6.00. The molecule has 0 fully saturated rings. The van der Waals surface area contributed by atoms with Gasteiger partial charge in [-0.15, -0.1) is 0 Å². The Kier molecular flexibility index (Phi) is 4.44. The molecule has 1 rings (SSSR count). The molecule has 0 aliphatic rings. The van der Waals surface area contributed by atoms with Crippen molar-refractivity contribution >= 4 is 23.5 Å². The van der Waals surface area contributed by atoms with Crippen LogP contribution in [0.1, 0.15) is 38.1 Å². The average molecular weight is 302 g/mol. The van der Waals surface area contributed by atoms with E-state index in [-0.39, 0.29) is 10.6 Å². The zero-order chi connectivity index (χ0) is 15.7. The molecule has 0 saturated carbocycles. The van der Waals surface area contributed by atoms with E-state index in [9.17, 15) is 19.1 Å². The maximum Gasteiger partial charge on any atom is 0.311 e. The van der Waals surface area contributed by atoms with E-state index in [1.165, 1.54) is 32.0 Å². The highest BCUT2D eigenvalue weighted by molar-refractivity contribution is 6.31. The Bertz CT molecular complexity index is 555. The fourth-order valence-corrected chi connectivity index (χ4v) is 1.63. The predicted octanol–water partition coefficient (Wildman–Crippen LogP) is 3.10. The number of hydrogen-bond acceptors (Lipinski definition) is 2. The quantitative estimate of drug-likeness (QED) is 0.898. The summed E-state index contributed by atoms with van der Waals surface area (Å²) in [6.07, 6.45) is 0. The van der Waals surface area contributed by atoms with Gasteiger partial charge < -0.3 is 10.4 Å². The summed E-state index contributed by atoms with van der Waals surface area (Å²) in [4.78, 5) is 23.4. The summed E-state index contributed by atoms with van der Waals surface area (Å²) in [5, 5.41) is 11.6. The van der Waals surface area contributed by atoms with Crippen LogP contribution in [0.4, 0.5) is 4.39 Å². The van der Waals surface area contributed by atoms with Crippen LogP contribution >= 0.6 is 11.6 Å². The fraction of sp³-hybridized carbons (Fsp3) is 0.429. The van der Waals surface area contributed by atoms with Crippen LogP contribution in [0.5, 0.6) is 0 Å². The van der Waals surface area contributed by atoms with Gasteiger partial charge in [0.2, 0.25) is 0 Å². The third kappa shape index (κ3) is 2.93. The number of rotatable bonds is 4. The molecule has 20 heavy (non-hydrogen) atoms. The number of carboxylic acids is 1. The third-order valence-corrected chi connectivity index (χ3v) is 4.01. The van der Waals surface area contributed by atoms with Gasteiger partial charge in [-0.05, 0) is 39.8 Å². The molecule has 0 aromatic heterocycles. The highest BCUT2D eigenvalue weighted by Gasteiger charge is 2.44. The Balaban J connectivity index is 3.07. The molecule has 1 aromatic rings. The van der Waals surface area contributed by atoms with Crippen LogP contribution in [0.3, 0.4) is 0 Å². The van der Waals surface area contributed by atoms with Crippen LogP contribution in [0, 0.1) is 11.2 Å². The molecule has 0 atom stereocenters. The molecule has 110 valence electrons. The lowest BCUT2D eigenvalue weighted by Crippen LogP contribution is -2.57. The van der Waals surface area contributed by atoms with Gasteiger partial charge in [-0.3, -0.25) is 9.59 Å². The molecule has 0 saturated heterocycles. The van der Waals surface area contributed by atoms with Gasteiger partial charge in [0.1, 0.15) is 0 Å². The largest absolute Gasteiger partial charge is 0.481 e. The van der Waals surface area contributed by atoms with Gasteiger partial charge in [-0.25, -0.2) is 4.39 Å². The molecule has 0 radical (unpaired) electrons. The molecule has 1 amide bonds. The summed E-state index contributed by atoms with van der Waals surface area (Å²) in [6.45, 7) is 6.12. The Labute approximate surface area is 121 Å². The molecule has 0 spiro atoms. The van der Waals surface area contributed by atoms with Gasteiger partial charge in [0.15, 0.2) is 5.82 Å². The molecule has 0 unspecified atom stereocenters. The van der Waals surface area contributed by atoms with Crippen LogP contribution < -0.4 is 5.32 Å². The minimum atomic E-state index is -1.22. The maximum absolute atomic E-state index is 13.8. The first kappa shape index (κ1) is 16.4. The Morgan fingerprint density at radius 1 is 1.25 bits per heavy atom. The van der Waals surface area contributed by atoms with Crippen LogP contribution in [-0.4, -0.2) is 22.5 Å². The number of benzene rings is 1. The number of carbonyl (C=O) groups is 2. The standard InChI is InChI=1S/C14H17ClFNO3/c1-13(2,12(19)20)14(3,4)17-11(18)8-6-5-7-9(15)10(8)16/h5-7H,1-4H3,(H,17,18)(H,19,20). The lowest BCUT2D eigenvalue weighted by molar-refractivity contribution is -0.150. The molecule has 0 aliphatic heterocycles. The molecular weight excluding hydrogens is 285 g/mol. The monoisotopic (exact) mass is 301 g/mol. The van der Waals surface area contributed by atoms with Crippen molar-refractivity contribution in [2.75, 3.05) is 0 Å². The molecule has 0 aliphatic carbocycles. The van der Waals surface area contributed by atoms with E-state index in [0.29, 0.717) is 0 Å². The zero-order valence-electron chi connectivity index (χ0n) is 11.8. The normalized spacial score (nSPS) is 12.1. The van der Waals surface area contributed by atoms with Crippen LogP contribution in [-0.2, 0) is 4.79 Å². The molecule has 6 heteroatoms. The highest BCUT2D eigenvalue weighted by Crippen LogP contribution is 2.31. The van der Waals surface area contributed by atoms with Crippen molar-refractivity contribution in [3.05, 3.63) is 34.6 Å². The summed E-state index contributed by atoms with van der Waals surface area (Å²) in [7, 11) is 0. The van der Waals surface area contributed by atoms with Gasteiger partial charge in [-0.1, -0.05) is 17.7 Å². The van der Waals surface area contributed by atoms with E-state index in [1.54, 1.807) is 13.8 Å². The third-order valence-electron chi connectivity index (χ3n) is 3.72. The first-order valence-corrected chi connectivity index (χ1v) is 6.38. The average Bonchev–Trinajstić information content (AvgIpc) is 2.31. The number of halogens is 2. The Hall–Kier alpha value is -1.62. The van der Waals surface area contributed by atoms with Crippen LogP contribution in [0.25, 0.3) is 0 Å². The number of hydrogen-bond donors (Lipinski definition) is 2. The van der Waals surface area contributed by atoms with E-state index in [2.05, 4.69) is 5.32 Å². The SMILES string of the molecule is CC(C)(NC(=O)c1cccc(Cl)c1F)C(C)(C)C(=O)O. The first-order chi connectivity index (χ1) is 9.00. The van der Waals surface area contributed by atoms with Gasteiger partial charge in [0.05, 0.1) is 21.5 Å². The Morgan fingerprint density at radius 2 is 1.80 bits per heavy atom. The van der Waals surface area contributed by atoms with E-state index in [1.807, 2.05) is 0 Å². The number of nitrogens with one attached hydrogen (secondary N) is 1. The minimum Gasteiger partial charge on any atom is -0.481 e. The highest BCUT2D eigenvalue weighted by atomic mass is 35.5. The molecule has 2 N–H and O–H groups in total. The van der Waals surface area contributed by atoms with E-state index >= 15 is 0 Å². The van der Waals surface area contributed by atoms with Crippen molar-refractivity contribution in [2.24, 2.45) is 5.41 Å². The lowest BCUT2D eigenvalue weighted by Gasteiger charge is -2.38. The van der Waals surface area contributed by atoms with Crippen molar-refractivity contribution < 1.29 is 19.1 Å². The smallest absolute Gasteiger partial charge is 0.311 e. The van der Waals surface area contributed by atoms with Crippen molar-refractivity contribution in [1.82, 2.24) is 5.32 Å². The maximum atomic E-state index is 13.8. The molecule has 4 nitrogen and oxygen atoms in total. The molecular formula is C14H17ClFNO3. The Morgan fingerprint density at radius 3 is 2.30 bits per heavy atom. The minimum absolute atomic E-state index is 0.159. The second kappa shape index (κ2) is 5.40. The number of carboxylic acid groups (broad SMARTS) is 1. The summed E-state index contributed by atoms with van der Waals surface area (Å²) >= 11 is 5.62. The van der Waals surface area contributed by atoms with Crippen molar-refractivity contribution in [2.45, 2.75) is 33.2 Å². The van der Waals surface area contributed by atoms with Crippen molar-refractivity contribution in [3.8, 4) is 0 Å². The van der Waals surface area contributed by atoms with Gasteiger partial charge in [0, 0.05) is 0 Å². The van der Waals surface area contributed by atoms with Crippen LogP contribution in [0.15, 0.2) is 18.2 Å².